The van der Waals surface area contributed by atoms with E-state index in [1.165, 1.54) is 0 Å². The number of halogens is 10. The second-order valence-electron chi connectivity index (χ2n) is 2.94. The van der Waals surface area contributed by atoms with Crippen molar-refractivity contribution in [3.63, 3.8) is 0 Å². The lowest BCUT2D eigenvalue weighted by Gasteiger charge is -2.30. The third kappa shape index (κ3) is 3.16. The van der Waals surface area contributed by atoms with E-state index in [9.17, 15) is 43.9 Å². The molecule has 0 radical (unpaired) electrons. The van der Waals surface area contributed by atoms with Gasteiger partial charge in [0.05, 0.1) is 0 Å². The molecule has 0 aliphatic carbocycles. The Morgan fingerprint density at radius 2 is 1.28 bits per heavy atom. The molecular weight excluding hydrogens is 294 g/mol. The normalized spacial score (nSPS) is 16.8. The molecule has 0 saturated carbocycles. The van der Waals surface area contributed by atoms with Crippen LogP contribution in [0.4, 0.5) is 43.9 Å². The van der Waals surface area contributed by atoms with Gasteiger partial charge in [-0.15, -0.1) is 0 Å². The van der Waals surface area contributed by atoms with Gasteiger partial charge in [0.1, 0.15) is 6.61 Å². The molecule has 0 amide bonds. The van der Waals surface area contributed by atoms with Crippen molar-refractivity contribution < 1.29 is 53.7 Å². The number of aliphatic hydroxyl groups excluding tert-OH is 1. The van der Waals surface area contributed by atoms with Crippen LogP contribution in [0, 0.1) is 0 Å². The van der Waals surface area contributed by atoms with E-state index >= 15 is 0 Å². The minimum Gasteiger partial charge on any atom is -0.390 e. The van der Waals surface area contributed by atoms with Crippen LogP contribution in [-0.2, 0) is 4.74 Å². The van der Waals surface area contributed by atoms with Gasteiger partial charge in [0, 0.05) is 0 Å². The van der Waals surface area contributed by atoms with Gasteiger partial charge in [-0.2, -0.15) is 39.5 Å². The van der Waals surface area contributed by atoms with Crippen LogP contribution >= 0.6 is 0 Å². The van der Waals surface area contributed by atoms with Gasteiger partial charge in [-0.3, -0.25) is 4.74 Å². The van der Waals surface area contributed by atoms with Gasteiger partial charge in [-0.1, -0.05) is 0 Å². The molecule has 1 N–H and O–H groups in total. The highest BCUT2D eigenvalue weighted by Gasteiger charge is 2.75. The van der Waals surface area contributed by atoms with Crippen molar-refractivity contribution in [2.45, 2.75) is 30.5 Å². The second-order valence-corrected chi connectivity index (χ2v) is 2.94. The topological polar surface area (TPSA) is 29.5 Å². The zero-order valence-corrected chi connectivity index (χ0v) is 7.92. The average molecular weight is 298 g/mol. The molecule has 0 saturated heterocycles. The van der Waals surface area contributed by atoms with Crippen LogP contribution in [0.2, 0.25) is 0 Å². The molecule has 0 aliphatic rings. The van der Waals surface area contributed by atoms with E-state index in [0.717, 1.165) is 0 Å². The molecule has 0 aromatic rings. The van der Waals surface area contributed by atoms with Crippen molar-refractivity contribution >= 4 is 0 Å². The molecular formula is C6H4F10O2. The first kappa shape index (κ1) is 17.2. The third-order valence-corrected chi connectivity index (χ3v) is 1.52. The summed E-state index contributed by atoms with van der Waals surface area (Å²) < 4.78 is 122. The predicted molar refractivity (Wildman–Crippen MR) is 34.0 cm³/mol. The zero-order valence-electron chi connectivity index (χ0n) is 7.92. The SMILES string of the molecule is OCC(F)(F)C(F)OC(F)(F)C(F)(F)C(F)(F)F. The number of hydrogen-bond acceptors (Lipinski definition) is 2. The van der Waals surface area contributed by atoms with Crippen LogP contribution in [-0.4, -0.2) is 42.2 Å². The predicted octanol–water partition coefficient (Wildman–Crippen LogP) is 2.72. The molecule has 0 bridgehead atoms. The van der Waals surface area contributed by atoms with Crippen LogP contribution in [0.3, 0.4) is 0 Å². The fourth-order valence-corrected chi connectivity index (χ4v) is 0.527. The molecule has 1 atom stereocenters. The molecule has 0 aliphatic heterocycles. The highest BCUT2D eigenvalue weighted by Crippen LogP contribution is 2.48. The van der Waals surface area contributed by atoms with E-state index in [4.69, 9.17) is 5.11 Å². The first-order valence-electron chi connectivity index (χ1n) is 3.82. The van der Waals surface area contributed by atoms with Gasteiger partial charge < -0.3 is 5.11 Å². The summed E-state index contributed by atoms with van der Waals surface area (Å²) in [5, 5.41) is 7.80. The summed E-state index contributed by atoms with van der Waals surface area (Å²) in [6.07, 6.45) is -18.0. The van der Waals surface area contributed by atoms with Crippen LogP contribution in [0.15, 0.2) is 0 Å². The van der Waals surface area contributed by atoms with Crippen molar-refractivity contribution in [2.75, 3.05) is 6.61 Å². The van der Waals surface area contributed by atoms with Crippen LogP contribution in [0.25, 0.3) is 0 Å². The Bertz CT molecular complexity index is 285. The summed E-state index contributed by atoms with van der Waals surface area (Å²) in [7, 11) is 0. The maximum atomic E-state index is 12.3. The number of rotatable bonds is 5. The van der Waals surface area contributed by atoms with E-state index in [2.05, 4.69) is 4.74 Å². The summed E-state index contributed by atoms with van der Waals surface area (Å²) in [5.74, 6) is -11.9. The highest BCUT2D eigenvalue weighted by atomic mass is 19.4. The minimum atomic E-state index is -6.88. The number of aliphatic hydroxyl groups is 1. The molecule has 110 valence electrons. The fraction of sp³-hybridized carbons (Fsp3) is 1.00. The Morgan fingerprint density at radius 3 is 1.56 bits per heavy atom. The maximum absolute atomic E-state index is 12.3. The Labute approximate surface area is 92.1 Å². The average Bonchev–Trinajstić information content (AvgIpc) is 2.14. The molecule has 0 heterocycles. The van der Waals surface area contributed by atoms with Crippen molar-refractivity contribution in [2.24, 2.45) is 0 Å². The molecule has 0 spiro atoms. The van der Waals surface area contributed by atoms with Gasteiger partial charge in [0.2, 0.25) is 0 Å². The van der Waals surface area contributed by atoms with Crippen molar-refractivity contribution in [1.82, 2.24) is 0 Å². The monoisotopic (exact) mass is 298 g/mol. The first-order chi connectivity index (χ1) is 7.69. The van der Waals surface area contributed by atoms with Gasteiger partial charge in [0.25, 0.3) is 6.36 Å². The van der Waals surface area contributed by atoms with Crippen LogP contribution < -0.4 is 0 Å². The Hall–Kier alpha value is -0.780. The van der Waals surface area contributed by atoms with Gasteiger partial charge >= 0.3 is 24.1 Å². The minimum absolute atomic E-state index is 2.10. The van der Waals surface area contributed by atoms with E-state index in [1.807, 2.05) is 0 Å². The lowest BCUT2D eigenvalue weighted by molar-refractivity contribution is -0.450. The van der Waals surface area contributed by atoms with E-state index in [0.29, 0.717) is 0 Å². The fourth-order valence-electron chi connectivity index (χ4n) is 0.527. The van der Waals surface area contributed by atoms with E-state index < -0.39 is 37.1 Å². The van der Waals surface area contributed by atoms with Crippen LogP contribution in [0.1, 0.15) is 0 Å². The molecule has 0 fully saturated rings. The van der Waals surface area contributed by atoms with Crippen molar-refractivity contribution in [1.29, 1.82) is 0 Å². The Balaban J connectivity index is 5.09. The summed E-state index contributed by atoms with van der Waals surface area (Å²) in [6.45, 7) is -2.43. The highest BCUT2D eigenvalue weighted by molar-refractivity contribution is 4.86. The molecule has 0 aromatic heterocycles. The van der Waals surface area contributed by atoms with Gasteiger partial charge in [-0.05, 0) is 0 Å². The van der Waals surface area contributed by atoms with Gasteiger partial charge in [-0.25, -0.2) is 4.39 Å². The van der Waals surface area contributed by atoms with Gasteiger partial charge in [0.15, 0.2) is 0 Å². The molecule has 0 rings (SSSR count). The molecule has 1 unspecified atom stereocenters. The summed E-state index contributed by atoms with van der Waals surface area (Å²) >= 11 is 0. The standard InChI is InChI=1S/C6H4F10O2/c7-2(3(8,9)1-17)18-6(15,16)4(10,11)5(12,13)14/h2,17H,1H2. The summed E-state index contributed by atoms with van der Waals surface area (Å²) in [4.78, 5) is 0. The maximum Gasteiger partial charge on any atom is 0.462 e. The molecule has 2 nitrogen and oxygen atoms in total. The lowest BCUT2D eigenvalue weighted by atomic mass is 10.3. The number of alkyl halides is 10. The Morgan fingerprint density at radius 1 is 0.889 bits per heavy atom. The Kier molecular flexibility index (Phi) is 4.51. The number of ether oxygens (including phenoxy) is 1. The molecule has 12 heteroatoms. The lowest BCUT2D eigenvalue weighted by Crippen LogP contribution is -2.56. The summed E-state index contributed by atoms with van der Waals surface area (Å²) in [5.41, 5.74) is 0. The van der Waals surface area contributed by atoms with Crippen molar-refractivity contribution in [3.05, 3.63) is 0 Å². The number of hydrogen-bond donors (Lipinski definition) is 1. The molecule has 0 aromatic carbocycles. The van der Waals surface area contributed by atoms with Crippen molar-refractivity contribution in [3.8, 4) is 0 Å². The molecule has 18 heavy (non-hydrogen) atoms. The second kappa shape index (κ2) is 4.72. The zero-order chi connectivity index (χ0) is 15.0. The third-order valence-electron chi connectivity index (χ3n) is 1.52. The largest absolute Gasteiger partial charge is 0.462 e. The van der Waals surface area contributed by atoms with E-state index in [1.54, 1.807) is 0 Å². The quantitative estimate of drug-likeness (QED) is 0.791. The first-order valence-corrected chi connectivity index (χ1v) is 3.82. The van der Waals surface area contributed by atoms with Crippen LogP contribution in [0.5, 0.6) is 0 Å². The van der Waals surface area contributed by atoms with E-state index in [-0.39, 0.29) is 0 Å². The summed E-state index contributed by atoms with van der Waals surface area (Å²) in [6, 6.07) is 0. The smallest absolute Gasteiger partial charge is 0.390 e.